The highest BCUT2D eigenvalue weighted by molar-refractivity contribution is 5.96. The van der Waals surface area contributed by atoms with Gasteiger partial charge in [0.2, 0.25) is 5.88 Å². The van der Waals surface area contributed by atoms with Gasteiger partial charge in [0.15, 0.2) is 6.61 Å². The van der Waals surface area contributed by atoms with Crippen LogP contribution in [0.5, 0.6) is 0 Å². The fraction of sp³-hybridized carbons (Fsp3) is 0.190. The van der Waals surface area contributed by atoms with Gasteiger partial charge in [-0.15, -0.1) is 0 Å². The Balaban J connectivity index is 1.65. The molecule has 3 aromatic rings. The number of esters is 1. The molecule has 7 nitrogen and oxygen atoms in total. The zero-order chi connectivity index (χ0) is 19.9. The molecule has 1 atom stereocenters. The van der Waals surface area contributed by atoms with E-state index in [0.29, 0.717) is 12.1 Å². The van der Waals surface area contributed by atoms with Crippen molar-refractivity contribution in [1.82, 2.24) is 10.5 Å². The number of aromatic nitrogens is 1. The van der Waals surface area contributed by atoms with Crippen LogP contribution in [-0.2, 0) is 16.0 Å². The van der Waals surface area contributed by atoms with Crippen molar-refractivity contribution in [2.45, 2.75) is 19.4 Å². The van der Waals surface area contributed by atoms with Gasteiger partial charge in [0.1, 0.15) is 5.56 Å². The van der Waals surface area contributed by atoms with Gasteiger partial charge in [-0.3, -0.25) is 4.79 Å². The second-order valence-corrected chi connectivity index (χ2v) is 6.30. The van der Waals surface area contributed by atoms with Crippen LogP contribution in [0, 0.1) is 6.92 Å². The van der Waals surface area contributed by atoms with E-state index in [1.54, 1.807) is 6.92 Å². The van der Waals surface area contributed by atoms with Gasteiger partial charge >= 0.3 is 5.97 Å². The van der Waals surface area contributed by atoms with Gasteiger partial charge < -0.3 is 20.3 Å². The molecule has 0 saturated carbocycles. The molecule has 0 radical (unpaired) electrons. The number of nitrogen functional groups attached to an aromatic ring is 1. The molecular weight excluding hydrogens is 358 g/mol. The zero-order valence-corrected chi connectivity index (χ0v) is 15.4. The molecule has 0 saturated heterocycles. The summed E-state index contributed by atoms with van der Waals surface area (Å²) in [5.41, 5.74) is 7.96. The number of anilines is 1. The van der Waals surface area contributed by atoms with Gasteiger partial charge in [-0.2, -0.15) is 0 Å². The largest absolute Gasteiger partial charge is 0.452 e. The molecule has 3 N–H and O–H groups in total. The lowest BCUT2D eigenvalue weighted by atomic mass is 9.99. The van der Waals surface area contributed by atoms with E-state index in [0.717, 1.165) is 11.1 Å². The smallest absolute Gasteiger partial charge is 0.346 e. The molecular formula is C21H21N3O4. The first-order chi connectivity index (χ1) is 13.5. The van der Waals surface area contributed by atoms with Crippen LogP contribution >= 0.6 is 0 Å². The van der Waals surface area contributed by atoms with E-state index in [9.17, 15) is 9.59 Å². The van der Waals surface area contributed by atoms with Crippen molar-refractivity contribution in [2.75, 3.05) is 12.3 Å². The first kappa shape index (κ1) is 19.2. The Kier molecular flexibility index (Phi) is 6.06. The van der Waals surface area contributed by atoms with Crippen molar-refractivity contribution >= 4 is 17.8 Å². The van der Waals surface area contributed by atoms with Crippen LogP contribution in [0.25, 0.3) is 0 Å². The molecule has 2 aromatic carbocycles. The fourth-order valence-electron chi connectivity index (χ4n) is 2.86. The van der Waals surface area contributed by atoms with Crippen LogP contribution < -0.4 is 11.1 Å². The highest BCUT2D eigenvalue weighted by Gasteiger charge is 2.22. The number of hydrogen-bond donors (Lipinski definition) is 2. The number of carbonyl (C=O) groups excluding carboxylic acids is 2. The van der Waals surface area contributed by atoms with Crippen molar-refractivity contribution in [3.63, 3.8) is 0 Å². The molecule has 0 aliphatic heterocycles. The number of hydrogen-bond acceptors (Lipinski definition) is 6. The number of rotatable bonds is 7. The van der Waals surface area contributed by atoms with Gasteiger partial charge in [-0.1, -0.05) is 65.8 Å². The molecule has 0 fully saturated rings. The quantitative estimate of drug-likeness (QED) is 0.611. The van der Waals surface area contributed by atoms with Crippen molar-refractivity contribution in [3.8, 4) is 0 Å². The van der Waals surface area contributed by atoms with Gasteiger partial charge in [0.25, 0.3) is 5.91 Å². The second kappa shape index (κ2) is 8.85. The van der Waals surface area contributed by atoms with Gasteiger partial charge in [-0.25, -0.2) is 4.79 Å². The van der Waals surface area contributed by atoms with Gasteiger partial charge in [-0.05, 0) is 24.5 Å². The molecule has 144 valence electrons. The van der Waals surface area contributed by atoms with Crippen molar-refractivity contribution < 1.29 is 18.8 Å². The maximum absolute atomic E-state index is 12.4. The van der Waals surface area contributed by atoms with Crippen LogP contribution in [0.1, 0.15) is 33.2 Å². The Bertz CT molecular complexity index is 919. The topological polar surface area (TPSA) is 107 Å². The first-order valence-corrected chi connectivity index (χ1v) is 8.81. The summed E-state index contributed by atoms with van der Waals surface area (Å²) in [5.74, 6) is -1.29. The molecule has 1 heterocycles. The Hall–Kier alpha value is -3.61. The molecule has 0 bridgehead atoms. The number of nitrogens with two attached hydrogens (primary N) is 1. The van der Waals surface area contributed by atoms with Crippen LogP contribution in [0.4, 0.5) is 5.88 Å². The highest BCUT2D eigenvalue weighted by Crippen LogP contribution is 2.19. The van der Waals surface area contributed by atoms with Gasteiger partial charge in [0.05, 0.1) is 11.7 Å². The monoisotopic (exact) mass is 379 g/mol. The summed E-state index contributed by atoms with van der Waals surface area (Å²) in [4.78, 5) is 24.5. The third-order valence-electron chi connectivity index (χ3n) is 4.25. The maximum atomic E-state index is 12.4. The Morgan fingerprint density at radius 1 is 1.11 bits per heavy atom. The summed E-state index contributed by atoms with van der Waals surface area (Å²) in [7, 11) is 0. The number of nitrogens with zero attached hydrogens (tertiary/aromatic N) is 1. The molecule has 7 heteroatoms. The maximum Gasteiger partial charge on any atom is 0.346 e. The number of amides is 1. The Morgan fingerprint density at radius 3 is 2.36 bits per heavy atom. The Morgan fingerprint density at radius 2 is 1.75 bits per heavy atom. The Labute approximate surface area is 162 Å². The number of aryl methyl sites for hydroxylation is 1. The minimum absolute atomic E-state index is 0.0386. The number of ether oxygens (including phenoxy) is 1. The van der Waals surface area contributed by atoms with Crippen LogP contribution in [0.2, 0.25) is 0 Å². The van der Waals surface area contributed by atoms with Crippen LogP contribution in [-0.4, -0.2) is 23.6 Å². The molecule has 3 rings (SSSR count). The average Bonchev–Trinajstić information content (AvgIpc) is 3.05. The predicted molar refractivity (Wildman–Crippen MR) is 103 cm³/mol. The highest BCUT2D eigenvalue weighted by atomic mass is 16.5. The third-order valence-corrected chi connectivity index (χ3v) is 4.25. The molecule has 0 aliphatic carbocycles. The third kappa shape index (κ3) is 4.76. The van der Waals surface area contributed by atoms with Crippen molar-refractivity contribution in [1.29, 1.82) is 0 Å². The standard InChI is InChI=1S/C21H21N3O4/c1-14-19(20(22)28-24-14)21(26)27-13-18(25)23-17(16-10-6-3-7-11-16)12-15-8-4-2-5-9-15/h2-11,17H,12-13,22H2,1H3,(H,23,25). The van der Waals surface area contributed by atoms with Crippen LogP contribution in [0.15, 0.2) is 65.2 Å². The fourth-order valence-corrected chi connectivity index (χ4v) is 2.86. The summed E-state index contributed by atoms with van der Waals surface area (Å²) >= 11 is 0. The predicted octanol–water partition coefficient (Wildman–Crippen LogP) is 2.82. The minimum atomic E-state index is -0.745. The number of benzene rings is 2. The molecule has 1 amide bonds. The molecule has 0 aliphatic rings. The van der Waals surface area contributed by atoms with E-state index in [1.807, 2.05) is 60.7 Å². The van der Waals surface area contributed by atoms with Crippen molar-refractivity contribution in [2.24, 2.45) is 0 Å². The first-order valence-electron chi connectivity index (χ1n) is 8.81. The lowest BCUT2D eigenvalue weighted by Gasteiger charge is -2.19. The normalized spacial score (nSPS) is 11.6. The second-order valence-electron chi connectivity index (χ2n) is 6.30. The summed E-state index contributed by atoms with van der Waals surface area (Å²) < 4.78 is 9.80. The van der Waals surface area contributed by atoms with Crippen molar-refractivity contribution in [3.05, 3.63) is 83.0 Å². The lowest BCUT2D eigenvalue weighted by Crippen LogP contribution is -2.33. The molecule has 28 heavy (non-hydrogen) atoms. The lowest BCUT2D eigenvalue weighted by molar-refractivity contribution is -0.125. The zero-order valence-electron chi connectivity index (χ0n) is 15.4. The van der Waals surface area contributed by atoms with E-state index in [2.05, 4.69) is 10.5 Å². The summed E-state index contributed by atoms with van der Waals surface area (Å²) in [6, 6.07) is 19.2. The van der Waals surface area contributed by atoms with E-state index in [4.69, 9.17) is 15.0 Å². The van der Waals surface area contributed by atoms with Crippen LogP contribution in [0.3, 0.4) is 0 Å². The van der Waals surface area contributed by atoms with Gasteiger partial charge in [0, 0.05) is 0 Å². The molecule has 1 aromatic heterocycles. The minimum Gasteiger partial charge on any atom is -0.452 e. The molecule has 1 unspecified atom stereocenters. The number of carbonyl (C=O) groups is 2. The summed E-state index contributed by atoms with van der Waals surface area (Å²) in [5, 5.41) is 6.52. The van der Waals surface area contributed by atoms with E-state index in [1.165, 1.54) is 0 Å². The summed E-state index contributed by atoms with van der Waals surface area (Å²) in [6.07, 6.45) is 0.613. The summed E-state index contributed by atoms with van der Waals surface area (Å²) in [6.45, 7) is 1.14. The number of nitrogens with one attached hydrogen (secondary N) is 1. The average molecular weight is 379 g/mol. The van der Waals surface area contributed by atoms with E-state index in [-0.39, 0.29) is 17.5 Å². The van der Waals surface area contributed by atoms with E-state index >= 15 is 0 Å². The SMILES string of the molecule is Cc1noc(N)c1C(=O)OCC(=O)NC(Cc1ccccc1)c1ccccc1. The molecule has 0 spiro atoms. The van der Waals surface area contributed by atoms with E-state index < -0.39 is 18.5 Å².